The molecule has 1 aromatic carbocycles. The summed E-state index contributed by atoms with van der Waals surface area (Å²) < 4.78 is 6.73. The molecule has 0 saturated heterocycles. The molecular weight excluding hydrogens is 314 g/mol. The maximum atomic E-state index is 5.59. The third kappa shape index (κ3) is 1.79. The Labute approximate surface area is 129 Å². The smallest absolute Gasteiger partial charge is 0.123 e. The Morgan fingerprint density at radius 1 is 1.25 bits per heavy atom. The van der Waals surface area contributed by atoms with E-state index in [0.29, 0.717) is 6.04 Å². The second kappa shape index (κ2) is 4.74. The van der Waals surface area contributed by atoms with Crippen LogP contribution < -0.4 is 10.1 Å². The van der Waals surface area contributed by atoms with Gasteiger partial charge in [0.25, 0.3) is 0 Å². The SMILES string of the molecule is CNC(c1cc(Br)ccc1OC)C1C2C3CCC(C3)C21. The van der Waals surface area contributed by atoms with E-state index in [1.54, 1.807) is 7.11 Å². The molecule has 4 rings (SSSR count). The van der Waals surface area contributed by atoms with Crippen LogP contribution in [0.3, 0.4) is 0 Å². The van der Waals surface area contributed by atoms with Gasteiger partial charge in [-0.1, -0.05) is 15.9 Å². The lowest BCUT2D eigenvalue weighted by atomic mass is 9.92. The summed E-state index contributed by atoms with van der Waals surface area (Å²) in [5.74, 6) is 5.84. The molecule has 0 amide bonds. The molecule has 0 aromatic heterocycles. The zero-order valence-corrected chi connectivity index (χ0v) is 13.7. The molecule has 5 unspecified atom stereocenters. The van der Waals surface area contributed by atoms with Crippen molar-refractivity contribution in [3.05, 3.63) is 28.2 Å². The molecule has 0 radical (unpaired) electrons. The molecule has 3 aliphatic rings. The predicted molar refractivity (Wildman–Crippen MR) is 83.8 cm³/mol. The zero-order chi connectivity index (χ0) is 13.9. The fraction of sp³-hybridized carbons (Fsp3) is 0.647. The van der Waals surface area contributed by atoms with Gasteiger partial charge in [-0.2, -0.15) is 0 Å². The van der Waals surface area contributed by atoms with E-state index in [9.17, 15) is 0 Å². The van der Waals surface area contributed by atoms with E-state index in [1.165, 1.54) is 24.8 Å². The average molecular weight is 336 g/mol. The number of hydrogen-bond acceptors (Lipinski definition) is 2. The maximum absolute atomic E-state index is 5.59. The number of hydrogen-bond donors (Lipinski definition) is 1. The number of ether oxygens (including phenoxy) is 1. The van der Waals surface area contributed by atoms with Gasteiger partial charge in [0, 0.05) is 16.1 Å². The summed E-state index contributed by atoms with van der Waals surface area (Å²) in [6.45, 7) is 0. The highest BCUT2D eigenvalue weighted by molar-refractivity contribution is 9.10. The van der Waals surface area contributed by atoms with Gasteiger partial charge >= 0.3 is 0 Å². The highest BCUT2D eigenvalue weighted by atomic mass is 79.9. The Kier molecular flexibility index (Phi) is 3.11. The van der Waals surface area contributed by atoms with Gasteiger partial charge in [-0.25, -0.2) is 0 Å². The molecule has 0 aliphatic heterocycles. The van der Waals surface area contributed by atoms with Crippen LogP contribution in [-0.2, 0) is 0 Å². The molecule has 3 heteroatoms. The van der Waals surface area contributed by atoms with Gasteiger partial charge in [-0.05, 0) is 74.1 Å². The van der Waals surface area contributed by atoms with Crippen molar-refractivity contribution >= 4 is 15.9 Å². The first-order chi connectivity index (χ1) is 9.74. The molecule has 0 heterocycles. The molecule has 108 valence electrons. The van der Waals surface area contributed by atoms with Crippen molar-refractivity contribution in [2.45, 2.75) is 25.3 Å². The van der Waals surface area contributed by atoms with Crippen molar-refractivity contribution in [3.8, 4) is 5.75 Å². The molecule has 1 N–H and O–H groups in total. The summed E-state index contributed by atoms with van der Waals surface area (Å²) in [4.78, 5) is 0. The molecular formula is C17H22BrNO. The van der Waals surface area contributed by atoms with Gasteiger partial charge in [-0.15, -0.1) is 0 Å². The lowest BCUT2D eigenvalue weighted by molar-refractivity contribution is 0.362. The normalized spacial score (nSPS) is 38.6. The van der Waals surface area contributed by atoms with Gasteiger partial charge < -0.3 is 10.1 Å². The van der Waals surface area contributed by atoms with Crippen LogP contribution in [0, 0.1) is 29.6 Å². The lowest BCUT2D eigenvalue weighted by Gasteiger charge is -2.22. The van der Waals surface area contributed by atoms with E-state index >= 15 is 0 Å². The van der Waals surface area contributed by atoms with Crippen LogP contribution in [0.5, 0.6) is 5.75 Å². The van der Waals surface area contributed by atoms with Crippen LogP contribution in [0.15, 0.2) is 22.7 Å². The number of fused-ring (bicyclic) bond motifs is 5. The van der Waals surface area contributed by atoms with E-state index in [-0.39, 0.29) is 0 Å². The first-order valence-electron chi connectivity index (χ1n) is 7.75. The Hall–Kier alpha value is -0.540. The van der Waals surface area contributed by atoms with E-state index in [4.69, 9.17) is 4.74 Å². The summed E-state index contributed by atoms with van der Waals surface area (Å²) in [6.07, 6.45) is 4.47. The monoisotopic (exact) mass is 335 g/mol. The van der Waals surface area contributed by atoms with Gasteiger partial charge in [0.15, 0.2) is 0 Å². The Balaban J connectivity index is 1.65. The van der Waals surface area contributed by atoms with Gasteiger partial charge in [0.05, 0.1) is 7.11 Å². The van der Waals surface area contributed by atoms with Crippen molar-refractivity contribution in [2.24, 2.45) is 29.6 Å². The van der Waals surface area contributed by atoms with Crippen LogP contribution in [-0.4, -0.2) is 14.2 Å². The highest BCUT2D eigenvalue weighted by Gasteiger charge is 2.66. The summed E-state index contributed by atoms with van der Waals surface area (Å²) >= 11 is 3.61. The first-order valence-corrected chi connectivity index (χ1v) is 8.54. The summed E-state index contributed by atoms with van der Waals surface area (Å²) in [5, 5.41) is 3.58. The molecule has 3 saturated carbocycles. The molecule has 3 fully saturated rings. The minimum Gasteiger partial charge on any atom is -0.496 e. The second-order valence-electron chi connectivity index (χ2n) is 6.72. The van der Waals surface area contributed by atoms with E-state index in [0.717, 1.165) is 39.8 Å². The van der Waals surface area contributed by atoms with Gasteiger partial charge in [-0.3, -0.25) is 0 Å². The quantitative estimate of drug-likeness (QED) is 0.897. The third-order valence-corrected chi connectivity index (χ3v) is 6.51. The molecule has 20 heavy (non-hydrogen) atoms. The minimum atomic E-state index is 0.445. The van der Waals surface area contributed by atoms with Crippen molar-refractivity contribution in [1.82, 2.24) is 5.32 Å². The minimum absolute atomic E-state index is 0.445. The van der Waals surface area contributed by atoms with Crippen molar-refractivity contribution in [2.75, 3.05) is 14.2 Å². The van der Waals surface area contributed by atoms with Crippen molar-refractivity contribution in [3.63, 3.8) is 0 Å². The lowest BCUT2D eigenvalue weighted by Crippen LogP contribution is -2.22. The summed E-state index contributed by atoms with van der Waals surface area (Å²) in [7, 11) is 3.87. The third-order valence-electron chi connectivity index (χ3n) is 6.02. The van der Waals surface area contributed by atoms with E-state index in [2.05, 4.69) is 46.5 Å². The fourth-order valence-corrected chi connectivity index (χ4v) is 5.72. The van der Waals surface area contributed by atoms with Crippen LogP contribution in [0.25, 0.3) is 0 Å². The summed E-state index contributed by atoms with van der Waals surface area (Å²) in [5.41, 5.74) is 1.32. The Morgan fingerprint density at radius 3 is 2.55 bits per heavy atom. The van der Waals surface area contributed by atoms with Crippen LogP contribution >= 0.6 is 15.9 Å². The van der Waals surface area contributed by atoms with Gasteiger partial charge in [0.2, 0.25) is 0 Å². The summed E-state index contributed by atoms with van der Waals surface area (Å²) in [6, 6.07) is 6.82. The zero-order valence-electron chi connectivity index (χ0n) is 12.1. The first kappa shape index (κ1) is 13.1. The topological polar surface area (TPSA) is 21.3 Å². The number of benzene rings is 1. The predicted octanol–water partition coefficient (Wildman–Crippen LogP) is 4.01. The number of nitrogens with one attached hydrogen (secondary N) is 1. The standard InChI is InChI=1S/C17H22BrNO/c1-19-17(12-8-11(18)5-6-13(12)20-2)16-14-9-3-4-10(7-9)15(14)16/h5-6,8-10,14-17,19H,3-4,7H2,1-2H3. The van der Waals surface area contributed by atoms with Crippen LogP contribution in [0.1, 0.15) is 30.9 Å². The molecule has 2 bridgehead atoms. The molecule has 1 aromatic rings. The molecule has 5 atom stereocenters. The highest BCUT2D eigenvalue weighted by Crippen LogP contribution is 2.72. The molecule has 2 nitrogen and oxygen atoms in total. The fourth-order valence-electron chi connectivity index (χ4n) is 5.34. The number of rotatable bonds is 4. The van der Waals surface area contributed by atoms with Crippen LogP contribution in [0.4, 0.5) is 0 Å². The molecule has 3 aliphatic carbocycles. The Bertz CT molecular complexity index is 516. The second-order valence-corrected chi connectivity index (χ2v) is 7.63. The largest absolute Gasteiger partial charge is 0.496 e. The van der Waals surface area contributed by atoms with E-state index in [1.807, 2.05) is 0 Å². The van der Waals surface area contributed by atoms with E-state index < -0.39 is 0 Å². The number of halogens is 1. The van der Waals surface area contributed by atoms with Gasteiger partial charge in [0.1, 0.15) is 5.75 Å². The Morgan fingerprint density at radius 2 is 1.95 bits per heavy atom. The molecule has 0 spiro atoms. The average Bonchev–Trinajstić information content (AvgIpc) is 2.88. The number of methoxy groups -OCH3 is 1. The maximum Gasteiger partial charge on any atom is 0.123 e. The van der Waals surface area contributed by atoms with Crippen LogP contribution in [0.2, 0.25) is 0 Å². The van der Waals surface area contributed by atoms with Crippen molar-refractivity contribution < 1.29 is 4.74 Å². The van der Waals surface area contributed by atoms with Crippen molar-refractivity contribution in [1.29, 1.82) is 0 Å².